The average Bonchev–Trinajstić information content (AvgIpc) is 3.34. The molecule has 0 saturated heterocycles. The Hall–Kier alpha value is -3.42. The number of nitrogens with one attached hydrogen (secondary N) is 3. The lowest BCUT2D eigenvalue weighted by Gasteiger charge is -2.08. The highest BCUT2D eigenvalue weighted by molar-refractivity contribution is 6.06. The summed E-state index contributed by atoms with van der Waals surface area (Å²) in [6, 6.07) is 7.35. The fraction of sp³-hybridized carbons (Fsp3) is 0.364. The van der Waals surface area contributed by atoms with Gasteiger partial charge in [0, 0.05) is 22.9 Å². The van der Waals surface area contributed by atoms with Crippen molar-refractivity contribution in [3.63, 3.8) is 0 Å². The molecular formula is C22H25N5O3. The molecule has 2 heterocycles. The van der Waals surface area contributed by atoms with Gasteiger partial charge in [0.2, 0.25) is 0 Å². The normalized spacial score (nSPS) is 13.5. The number of hydrogen-bond donors (Lipinski definition) is 3. The molecule has 0 bridgehead atoms. The van der Waals surface area contributed by atoms with E-state index in [1.165, 1.54) is 0 Å². The molecule has 8 nitrogen and oxygen atoms in total. The maximum atomic E-state index is 12.8. The Labute approximate surface area is 174 Å². The first-order chi connectivity index (χ1) is 14.3. The van der Waals surface area contributed by atoms with Crippen LogP contribution < -0.4 is 5.32 Å². The second-order valence-corrected chi connectivity index (χ2v) is 7.93. The summed E-state index contributed by atoms with van der Waals surface area (Å²) in [6.45, 7) is 7.07. The van der Waals surface area contributed by atoms with Gasteiger partial charge in [-0.3, -0.25) is 9.89 Å². The third kappa shape index (κ3) is 3.98. The number of amides is 1. The number of aryl methyl sites for hydroxylation is 1. The zero-order valence-corrected chi connectivity index (χ0v) is 17.5. The van der Waals surface area contributed by atoms with Crippen LogP contribution in [0.2, 0.25) is 0 Å². The first kappa shape index (κ1) is 19.9. The summed E-state index contributed by atoms with van der Waals surface area (Å²) in [5.41, 5.74) is 3.44. The number of anilines is 1. The quantitative estimate of drug-likeness (QED) is 0.532. The minimum atomic E-state index is -0.434. The number of ether oxygens (including phenoxy) is 1. The molecule has 1 saturated carbocycles. The molecule has 1 aliphatic carbocycles. The third-order valence-electron chi connectivity index (χ3n) is 5.08. The summed E-state index contributed by atoms with van der Waals surface area (Å²) < 4.78 is 5.28. The Morgan fingerprint density at radius 2 is 1.87 bits per heavy atom. The van der Waals surface area contributed by atoms with E-state index in [-0.39, 0.29) is 12.0 Å². The van der Waals surface area contributed by atoms with Gasteiger partial charge in [0.15, 0.2) is 5.82 Å². The van der Waals surface area contributed by atoms with Crippen LogP contribution in [0.15, 0.2) is 24.3 Å². The van der Waals surface area contributed by atoms with Gasteiger partial charge in [-0.15, -0.1) is 0 Å². The van der Waals surface area contributed by atoms with Crippen LogP contribution in [-0.2, 0) is 4.74 Å². The van der Waals surface area contributed by atoms with Gasteiger partial charge in [0.1, 0.15) is 11.5 Å². The average molecular weight is 407 g/mol. The van der Waals surface area contributed by atoms with Crippen molar-refractivity contribution in [2.24, 2.45) is 0 Å². The molecule has 0 aliphatic heterocycles. The van der Waals surface area contributed by atoms with Gasteiger partial charge in [0.05, 0.1) is 11.7 Å². The molecule has 4 rings (SSSR count). The number of carbonyl (C=O) groups is 2. The summed E-state index contributed by atoms with van der Waals surface area (Å²) in [5, 5.41) is 10.1. The molecule has 0 spiro atoms. The molecule has 3 N–H and O–H groups in total. The van der Waals surface area contributed by atoms with Gasteiger partial charge in [-0.05, 0) is 70.4 Å². The van der Waals surface area contributed by atoms with Gasteiger partial charge in [0.25, 0.3) is 5.91 Å². The SMILES string of the molecule is Cc1[nH]c(C(=O)Nc2ccc(-c3n[nH]c(C4CC4)n3)cc2)c(C)c1C(=O)OC(C)C. The van der Waals surface area contributed by atoms with Crippen LogP contribution in [-0.4, -0.2) is 38.1 Å². The van der Waals surface area contributed by atoms with Gasteiger partial charge < -0.3 is 15.0 Å². The summed E-state index contributed by atoms with van der Waals surface area (Å²) in [4.78, 5) is 32.6. The number of benzene rings is 1. The van der Waals surface area contributed by atoms with E-state index in [2.05, 4.69) is 25.5 Å². The number of aromatic nitrogens is 4. The Balaban J connectivity index is 1.48. The third-order valence-corrected chi connectivity index (χ3v) is 5.08. The summed E-state index contributed by atoms with van der Waals surface area (Å²) in [5.74, 6) is 1.35. The molecule has 8 heteroatoms. The van der Waals surface area contributed by atoms with E-state index in [1.807, 2.05) is 12.1 Å². The highest BCUT2D eigenvalue weighted by Crippen LogP contribution is 2.38. The first-order valence-corrected chi connectivity index (χ1v) is 10.1. The number of esters is 1. The second kappa shape index (κ2) is 7.78. The molecule has 1 aromatic carbocycles. The van der Waals surface area contributed by atoms with Crippen molar-refractivity contribution in [1.29, 1.82) is 0 Å². The van der Waals surface area contributed by atoms with Gasteiger partial charge >= 0.3 is 5.97 Å². The molecule has 0 unspecified atom stereocenters. The van der Waals surface area contributed by atoms with Crippen molar-refractivity contribution in [1.82, 2.24) is 20.2 Å². The molecular weight excluding hydrogens is 382 g/mol. The Morgan fingerprint density at radius 1 is 1.17 bits per heavy atom. The molecule has 1 aliphatic rings. The Kier molecular flexibility index (Phi) is 5.15. The molecule has 30 heavy (non-hydrogen) atoms. The summed E-state index contributed by atoms with van der Waals surface area (Å²) >= 11 is 0. The highest BCUT2D eigenvalue weighted by atomic mass is 16.5. The van der Waals surface area contributed by atoms with E-state index in [0.717, 1.165) is 24.2 Å². The van der Waals surface area contributed by atoms with E-state index in [0.29, 0.717) is 39.9 Å². The van der Waals surface area contributed by atoms with E-state index in [1.54, 1.807) is 39.8 Å². The van der Waals surface area contributed by atoms with Crippen molar-refractivity contribution in [3.8, 4) is 11.4 Å². The van der Waals surface area contributed by atoms with Crippen molar-refractivity contribution in [2.45, 2.75) is 52.6 Å². The van der Waals surface area contributed by atoms with Crippen molar-refractivity contribution in [3.05, 3.63) is 52.6 Å². The number of rotatable bonds is 6. The second-order valence-electron chi connectivity index (χ2n) is 7.93. The maximum absolute atomic E-state index is 12.8. The molecule has 156 valence electrons. The lowest BCUT2D eigenvalue weighted by atomic mass is 10.1. The number of carbonyl (C=O) groups excluding carboxylic acids is 2. The zero-order chi connectivity index (χ0) is 21.4. The van der Waals surface area contributed by atoms with E-state index < -0.39 is 5.97 Å². The van der Waals surface area contributed by atoms with E-state index >= 15 is 0 Å². The minimum absolute atomic E-state index is 0.230. The lowest BCUT2D eigenvalue weighted by molar-refractivity contribution is 0.0376. The molecule has 1 amide bonds. The Bertz CT molecular complexity index is 1090. The summed E-state index contributed by atoms with van der Waals surface area (Å²) in [6.07, 6.45) is 2.09. The van der Waals surface area contributed by atoms with E-state index in [4.69, 9.17) is 4.74 Å². The molecule has 3 aromatic rings. The predicted octanol–water partition coefficient (Wildman–Crippen LogP) is 4.11. The lowest BCUT2D eigenvalue weighted by Crippen LogP contribution is -2.15. The van der Waals surface area contributed by atoms with Crippen LogP contribution in [0.25, 0.3) is 11.4 Å². The Morgan fingerprint density at radius 3 is 2.50 bits per heavy atom. The van der Waals surface area contributed by atoms with E-state index in [9.17, 15) is 9.59 Å². The van der Waals surface area contributed by atoms with Crippen LogP contribution in [0, 0.1) is 13.8 Å². The molecule has 0 radical (unpaired) electrons. The summed E-state index contributed by atoms with van der Waals surface area (Å²) in [7, 11) is 0. The van der Waals surface area contributed by atoms with Gasteiger partial charge in [-0.2, -0.15) is 5.10 Å². The van der Waals surface area contributed by atoms with Crippen LogP contribution in [0.4, 0.5) is 5.69 Å². The zero-order valence-electron chi connectivity index (χ0n) is 17.5. The predicted molar refractivity (Wildman–Crippen MR) is 113 cm³/mol. The van der Waals surface area contributed by atoms with Crippen molar-refractivity contribution in [2.75, 3.05) is 5.32 Å². The van der Waals surface area contributed by atoms with Gasteiger partial charge in [-0.1, -0.05) is 0 Å². The molecule has 1 fully saturated rings. The number of nitrogens with zero attached hydrogens (tertiary/aromatic N) is 2. The fourth-order valence-electron chi connectivity index (χ4n) is 3.40. The standard InChI is InChI=1S/C22H25N5O3/c1-11(2)30-22(29)17-12(3)18(23-13(17)4)21(28)24-16-9-7-15(8-10-16)20-25-19(26-27-20)14-5-6-14/h7-11,14,23H,5-6H2,1-4H3,(H,24,28)(H,25,26,27). The molecule has 2 aromatic heterocycles. The fourth-order valence-corrected chi connectivity index (χ4v) is 3.40. The van der Waals surface area contributed by atoms with Gasteiger partial charge in [-0.25, -0.2) is 9.78 Å². The molecule has 0 atom stereocenters. The minimum Gasteiger partial charge on any atom is -0.459 e. The number of hydrogen-bond acceptors (Lipinski definition) is 5. The van der Waals surface area contributed by atoms with Crippen LogP contribution in [0.3, 0.4) is 0 Å². The van der Waals surface area contributed by atoms with Crippen molar-refractivity contribution >= 4 is 17.6 Å². The van der Waals surface area contributed by atoms with Crippen LogP contribution >= 0.6 is 0 Å². The van der Waals surface area contributed by atoms with Crippen molar-refractivity contribution < 1.29 is 14.3 Å². The number of H-pyrrole nitrogens is 2. The number of aromatic amines is 2. The van der Waals surface area contributed by atoms with Crippen LogP contribution in [0.1, 0.15) is 70.5 Å². The largest absolute Gasteiger partial charge is 0.459 e. The highest BCUT2D eigenvalue weighted by Gasteiger charge is 2.27. The maximum Gasteiger partial charge on any atom is 0.340 e. The first-order valence-electron chi connectivity index (χ1n) is 10.1. The topological polar surface area (TPSA) is 113 Å². The monoisotopic (exact) mass is 407 g/mol. The smallest absolute Gasteiger partial charge is 0.340 e. The van der Waals surface area contributed by atoms with Crippen LogP contribution in [0.5, 0.6) is 0 Å².